The Kier molecular flexibility index (Phi) is 16.7. The number of benzene rings is 2. The number of primary amides is 1. The lowest BCUT2D eigenvalue weighted by Crippen LogP contribution is -2.57. The Labute approximate surface area is 333 Å². The molecule has 1 saturated heterocycles. The standard InChI is InChI=1S/C39H53ClN6O6S.ClH/c1-23(25-13-15-27(16-14-25)35-24(2)43-22-53-35)44-37(50)30-19-29(47)20-46(30)38(51)36(39(3,4)5)45-33(49)12-7-6-9-26-10-8-11-31(34(26)40)52-21-28(41)17-18-32(42)48;/h8,10-11,13-16,22-23,28-30,36,47H,6-7,9,12,17-21,41H2,1-5H3,(H2,42,48)(H,44,50)(H,45,49);1H/t23?,28?,29-,30+,36?;/m1./s1. The van der Waals surface area contributed by atoms with Crippen LogP contribution >= 0.6 is 35.3 Å². The normalized spacial score (nSPS) is 17.2. The molecule has 0 aliphatic carbocycles. The Morgan fingerprint density at radius 1 is 1.09 bits per heavy atom. The third-order valence-electron chi connectivity index (χ3n) is 9.42. The molecule has 1 fully saturated rings. The highest BCUT2D eigenvalue weighted by atomic mass is 35.5. The zero-order chi connectivity index (χ0) is 38.9. The van der Waals surface area contributed by atoms with E-state index < -0.39 is 35.4 Å². The van der Waals surface area contributed by atoms with Crippen molar-refractivity contribution >= 4 is 59.0 Å². The smallest absolute Gasteiger partial charge is 0.246 e. The van der Waals surface area contributed by atoms with Gasteiger partial charge in [0.25, 0.3) is 0 Å². The van der Waals surface area contributed by atoms with Gasteiger partial charge in [-0.2, -0.15) is 0 Å². The number of thiazole rings is 1. The quantitative estimate of drug-likeness (QED) is 0.114. The van der Waals surface area contributed by atoms with Crippen molar-refractivity contribution in [2.24, 2.45) is 16.9 Å². The van der Waals surface area contributed by atoms with Gasteiger partial charge >= 0.3 is 0 Å². The highest BCUT2D eigenvalue weighted by Crippen LogP contribution is 2.31. The molecule has 2 heterocycles. The number of hydrogen-bond donors (Lipinski definition) is 5. The molecule has 4 amide bonds. The lowest BCUT2D eigenvalue weighted by atomic mass is 9.85. The maximum atomic E-state index is 14.0. The molecule has 4 rings (SSSR count). The average molecular weight is 806 g/mol. The molecule has 0 bridgehead atoms. The number of β-amino-alcohol motifs (C(OH)–C–C–N with tert-alkyl or cyclic N) is 1. The van der Waals surface area contributed by atoms with E-state index >= 15 is 0 Å². The van der Waals surface area contributed by atoms with Gasteiger partial charge < -0.3 is 36.8 Å². The molecular weight excluding hydrogens is 751 g/mol. The number of amides is 4. The fourth-order valence-corrected chi connectivity index (χ4v) is 7.40. The van der Waals surface area contributed by atoms with Gasteiger partial charge in [-0.3, -0.25) is 19.2 Å². The zero-order valence-electron chi connectivity index (χ0n) is 31.6. The Morgan fingerprint density at radius 2 is 1.80 bits per heavy atom. The second-order valence-electron chi connectivity index (χ2n) is 14.9. The molecule has 296 valence electrons. The summed E-state index contributed by atoms with van der Waals surface area (Å²) in [6, 6.07) is 10.9. The number of hydrogen-bond acceptors (Lipinski definition) is 9. The van der Waals surface area contributed by atoms with E-state index in [1.165, 1.54) is 4.90 Å². The van der Waals surface area contributed by atoms with Crippen molar-refractivity contribution < 1.29 is 29.0 Å². The summed E-state index contributed by atoms with van der Waals surface area (Å²) in [6.07, 6.45) is 1.84. The fourth-order valence-electron chi connectivity index (χ4n) is 6.32. The topological polar surface area (TPSA) is 190 Å². The van der Waals surface area contributed by atoms with Crippen LogP contribution in [0.25, 0.3) is 10.4 Å². The molecule has 7 N–H and O–H groups in total. The maximum Gasteiger partial charge on any atom is 0.246 e. The summed E-state index contributed by atoms with van der Waals surface area (Å²) in [5.74, 6) is -0.965. The number of nitrogens with two attached hydrogens (primary N) is 2. The van der Waals surface area contributed by atoms with Crippen LogP contribution < -0.4 is 26.8 Å². The van der Waals surface area contributed by atoms with E-state index in [-0.39, 0.29) is 68.7 Å². The molecule has 1 aliphatic heterocycles. The zero-order valence-corrected chi connectivity index (χ0v) is 34.0. The number of unbranched alkanes of at least 4 members (excludes halogenated alkanes) is 1. The summed E-state index contributed by atoms with van der Waals surface area (Å²) in [5.41, 5.74) is 16.1. The number of aliphatic hydroxyl groups is 1. The lowest BCUT2D eigenvalue weighted by Gasteiger charge is -2.35. The number of carbonyl (C=O) groups excluding carboxylic acids is 4. The molecule has 3 unspecified atom stereocenters. The van der Waals surface area contributed by atoms with E-state index in [2.05, 4.69) is 15.6 Å². The number of aryl methyl sites for hydroxylation is 2. The fraction of sp³-hybridized carbons (Fsp3) is 0.513. The van der Waals surface area contributed by atoms with Gasteiger partial charge in [-0.05, 0) is 67.7 Å². The number of likely N-dealkylation sites (tertiary alicyclic amines) is 1. The van der Waals surface area contributed by atoms with Gasteiger partial charge in [0.05, 0.1) is 33.3 Å². The summed E-state index contributed by atoms with van der Waals surface area (Å²) in [7, 11) is 0. The number of nitrogens with one attached hydrogen (secondary N) is 2. The van der Waals surface area contributed by atoms with Crippen molar-refractivity contribution in [2.75, 3.05) is 13.2 Å². The van der Waals surface area contributed by atoms with Crippen molar-refractivity contribution in [3.63, 3.8) is 0 Å². The van der Waals surface area contributed by atoms with E-state index in [0.717, 1.165) is 27.3 Å². The molecule has 1 aromatic heterocycles. The molecule has 12 nitrogen and oxygen atoms in total. The summed E-state index contributed by atoms with van der Waals surface area (Å²) in [4.78, 5) is 58.6. The van der Waals surface area contributed by atoms with Crippen LogP contribution in [0.15, 0.2) is 48.0 Å². The van der Waals surface area contributed by atoms with Gasteiger partial charge in [0, 0.05) is 31.8 Å². The molecular formula is C39H54Cl2N6O6S. The van der Waals surface area contributed by atoms with Crippen LogP contribution in [0.1, 0.15) is 89.1 Å². The first-order valence-corrected chi connectivity index (χ1v) is 19.3. The van der Waals surface area contributed by atoms with Crippen LogP contribution in [-0.4, -0.2) is 76.0 Å². The van der Waals surface area contributed by atoms with Gasteiger partial charge in [0.15, 0.2) is 0 Å². The summed E-state index contributed by atoms with van der Waals surface area (Å²) >= 11 is 8.17. The van der Waals surface area contributed by atoms with Crippen molar-refractivity contribution in [2.45, 2.75) is 110 Å². The maximum absolute atomic E-state index is 14.0. The number of halogens is 2. The van der Waals surface area contributed by atoms with Crippen molar-refractivity contribution in [1.29, 1.82) is 0 Å². The van der Waals surface area contributed by atoms with Crippen molar-refractivity contribution in [3.8, 4) is 16.2 Å². The monoisotopic (exact) mass is 804 g/mol. The van der Waals surface area contributed by atoms with Crippen LogP contribution in [0, 0.1) is 12.3 Å². The second-order valence-corrected chi connectivity index (χ2v) is 16.1. The van der Waals surface area contributed by atoms with E-state index in [0.29, 0.717) is 36.5 Å². The van der Waals surface area contributed by atoms with Gasteiger partial charge in [0.1, 0.15) is 24.4 Å². The van der Waals surface area contributed by atoms with E-state index in [1.807, 2.05) is 76.5 Å². The molecule has 0 saturated carbocycles. The minimum Gasteiger partial charge on any atom is -0.490 e. The average Bonchev–Trinajstić information content (AvgIpc) is 3.72. The molecule has 15 heteroatoms. The van der Waals surface area contributed by atoms with Crippen LogP contribution in [-0.2, 0) is 25.6 Å². The van der Waals surface area contributed by atoms with Crippen LogP contribution in [0.5, 0.6) is 5.75 Å². The number of aliphatic hydroxyl groups excluding tert-OH is 1. The molecule has 3 aromatic rings. The van der Waals surface area contributed by atoms with Crippen LogP contribution in [0.4, 0.5) is 0 Å². The third-order valence-corrected chi connectivity index (χ3v) is 10.8. The van der Waals surface area contributed by atoms with E-state index in [9.17, 15) is 24.3 Å². The molecule has 5 atom stereocenters. The second kappa shape index (κ2) is 20.2. The third kappa shape index (κ3) is 12.4. The van der Waals surface area contributed by atoms with Crippen molar-refractivity contribution in [1.82, 2.24) is 20.5 Å². The number of rotatable bonds is 17. The Bertz CT molecular complexity index is 1730. The Hall–Kier alpha value is -3.75. The van der Waals surface area contributed by atoms with Gasteiger partial charge in [0.2, 0.25) is 23.6 Å². The minimum absolute atomic E-state index is 0. The summed E-state index contributed by atoms with van der Waals surface area (Å²) < 4.78 is 5.79. The lowest BCUT2D eigenvalue weighted by molar-refractivity contribution is -0.144. The van der Waals surface area contributed by atoms with Crippen LogP contribution in [0.2, 0.25) is 5.02 Å². The van der Waals surface area contributed by atoms with E-state index in [1.54, 1.807) is 17.4 Å². The van der Waals surface area contributed by atoms with Gasteiger partial charge in [-0.25, -0.2) is 4.98 Å². The molecule has 0 radical (unpaired) electrons. The summed E-state index contributed by atoms with van der Waals surface area (Å²) in [5, 5.41) is 17.0. The molecule has 2 aromatic carbocycles. The number of nitrogens with zero attached hydrogens (tertiary/aromatic N) is 2. The first-order chi connectivity index (χ1) is 25.0. The predicted octanol–water partition coefficient (Wildman–Crippen LogP) is 5.25. The highest BCUT2D eigenvalue weighted by Gasteiger charge is 2.44. The van der Waals surface area contributed by atoms with Gasteiger partial charge in [-0.15, -0.1) is 23.7 Å². The molecule has 1 aliphatic rings. The first kappa shape index (κ1) is 44.6. The predicted molar refractivity (Wildman–Crippen MR) is 215 cm³/mol. The van der Waals surface area contributed by atoms with E-state index in [4.69, 9.17) is 27.8 Å². The number of aromatic nitrogens is 1. The van der Waals surface area contributed by atoms with Gasteiger partial charge in [-0.1, -0.05) is 68.8 Å². The first-order valence-electron chi connectivity index (χ1n) is 18.1. The highest BCUT2D eigenvalue weighted by molar-refractivity contribution is 7.13. The van der Waals surface area contributed by atoms with Crippen LogP contribution in [0.3, 0.4) is 0 Å². The Morgan fingerprint density at radius 3 is 2.43 bits per heavy atom. The molecule has 54 heavy (non-hydrogen) atoms. The number of carbonyl (C=O) groups is 4. The SMILES string of the molecule is Cc1ncsc1-c1ccc(C(C)NC(=O)[C@@H]2C[C@@H](O)CN2C(=O)C(NC(=O)CCCCc2cccc(OCC(N)CCC(N)=O)c2Cl)C(C)(C)C)cc1.Cl. The summed E-state index contributed by atoms with van der Waals surface area (Å²) in [6.45, 7) is 9.62. The Balaban J connectivity index is 0.00000784. The minimum atomic E-state index is -0.909. The largest absolute Gasteiger partial charge is 0.490 e. The number of ether oxygens (including phenoxy) is 1. The van der Waals surface area contributed by atoms with Crippen molar-refractivity contribution in [3.05, 3.63) is 69.8 Å². The molecule has 0 spiro atoms.